The van der Waals surface area contributed by atoms with Gasteiger partial charge in [0.05, 0.1) is 24.9 Å². The quantitative estimate of drug-likeness (QED) is 0.558. The van der Waals surface area contributed by atoms with E-state index in [9.17, 15) is 9.59 Å². The molecular weight excluding hydrogens is 440 g/mol. The molecule has 2 aliphatic heterocycles. The van der Waals surface area contributed by atoms with Crippen LogP contribution < -0.4 is 0 Å². The Bertz CT molecular complexity index is 1240. The fraction of sp³-hybridized carbons (Fsp3) is 0.321. The second-order valence-electron chi connectivity index (χ2n) is 8.94. The molecule has 0 saturated carbocycles. The third-order valence-electron chi connectivity index (χ3n) is 6.69. The standard InChI is InChI=1S/C28H30N4O3/c1-2-35-28(34)31-16-14-30(15-17-31)20-27(33)32-26(22-9-4-3-5-10-22)19-25(29-32)24-13-12-21-8-6-7-11-23(21)18-24/h3-13,18,26H,2,14-17,19-20H2,1H3. The van der Waals surface area contributed by atoms with Crippen molar-refractivity contribution in [1.82, 2.24) is 14.8 Å². The number of fused-ring (bicyclic) bond motifs is 1. The van der Waals surface area contributed by atoms with Crippen LogP contribution in [0.5, 0.6) is 0 Å². The Balaban J connectivity index is 1.34. The van der Waals surface area contributed by atoms with Crippen LogP contribution in [0.2, 0.25) is 0 Å². The second-order valence-corrected chi connectivity index (χ2v) is 8.94. The van der Waals surface area contributed by atoms with Gasteiger partial charge in [0.15, 0.2) is 0 Å². The lowest BCUT2D eigenvalue weighted by Crippen LogP contribution is -2.51. The number of hydrazone groups is 1. The number of amides is 2. The molecule has 0 spiro atoms. The number of carbonyl (C=O) groups is 2. The molecule has 2 amide bonds. The van der Waals surface area contributed by atoms with Crippen LogP contribution in [0.25, 0.3) is 10.8 Å². The first kappa shape index (κ1) is 23.1. The van der Waals surface area contributed by atoms with Crippen LogP contribution in [0, 0.1) is 0 Å². The van der Waals surface area contributed by atoms with E-state index >= 15 is 0 Å². The lowest BCUT2D eigenvalue weighted by atomic mass is 9.97. The summed E-state index contributed by atoms with van der Waals surface area (Å²) < 4.78 is 5.10. The second kappa shape index (κ2) is 10.3. The summed E-state index contributed by atoms with van der Waals surface area (Å²) in [6.07, 6.45) is 0.386. The van der Waals surface area contributed by atoms with Crippen molar-refractivity contribution < 1.29 is 14.3 Å². The van der Waals surface area contributed by atoms with Gasteiger partial charge in [0.2, 0.25) is 0 Å². The van der Waals surface area contributed by atoms with E-state index in [0.29, 0.717) is 39.2 Å². The first-order valence-electron chi connectivity index (χ1n) is 12.2. The first-order chi connectivity index (χ1) is 17.1. The zero-order valence-corrected chi connectivity index (χ0v) is 20.0. The van der Waals surface area contributed by atoms with Gasteiger partial charge in [0.25, 0.3) is 5.91 Å². The number of rotatable bonds is 5. The predicted octanol–water partition coefficient (Wildman–Crippen LogP) is 4.29. The lowest BCUT2D eigenvalue weighted by Gasteiger charge is -2.34. The maximum absolute atomic E-state index is 13.5. The molecular formula is C28H30N4O3. The van der Waals surface area contributed by atoms with Crippen molar-refractivity contribution in [2.24, 2.45) is 5.10 Å². The molecule has 0 aromatic heterocycles. The third kappa shape index (κ3) is 5.05. The van der Waals surface area contributed by atoms with E-state index in [2.05, 4.69) is 47.4 Å². The fourth-order valence-corrected chi connectivity index (χ4v) is 4.79. The maximum Gasteiger partial charge on any atom is 0.409 e. The average Bonchev–Trinajstić information content (AvgIpc) is 3.35. The zero-order valence-electron chi connectivity index (χ0n) is 20.0. The summed E-state index contributed by atoms with van der Waals surface area (Å²) in [5, 5.41) is 8.85. The Morgan fingerprint density at radius 2 is 1.63 bits per heavy atom. The highest BCUT2D eigenvalue weighted by Crippen LogP contribution is 2.33. The van der Waals surface area contributed by atoms with Crippen LogP contribution in [0.4, 0.5) is 4.79 Å². The highest BCUT2D eigenvalue weighted by atomic mass is 16.6. The van der Waals surface area contributed by atoms with Gasteiger partial charge in [0.1, 0.15) is 0 Å². The molecule has 3 aromatic carbocycles. The lowest BCUT2D eigenvalue weighted by molar-refractivity contribution is -0.134. The van der Waals surface area contributed by atoms with Gasteiger partial charge in [-0.15, -0.1) is 0 Å². The number of hydrogen-bond donors (Lipinski definition) is 0. The Morgan fingerprint density at radius 1 is 0.914 bits per heavy atom. The van der Waals surface area contributed by atoms with Gasteiger partial charge < -0.3 is 9.64 Å². The molecule has 2 heterocycles. The van der Waals surface area contributed by atoms with Crippen molar-refractivity contribution >= 4 is 28.5 Å². The van der Waals surface area contributed by atoms with E-state index < -0.39 is 0 Å². The summed E-state index contributed by atoms with van der Waals surface area (Å²) in [6, 6.07) is 24.6. The highest BCUT2D eigenvalue weighted by molar-refractivity contribution is 6.05. The monoisotopic (exact) mass is 470 g/mol. The average molecular weight is 471 g/mol. The number of carbonyl (C=O) groups excluding carboxylic acids is 2. The van der Waals surface area contributed by atoms with Crippen molar-refractivity contribution in [3.63, 3.8) is 0 Å². The van der Waals surface area contributed by atoms with Gasteiger partial charge in [-0.3, -0.25) is 9.69 Å². The van der Waals surface area contributed by atoms with E-state index in [4.69, 9.17) is 9.84 Å². The molecule has 5 rings (SSSR count). The van der Waals surface area contributed by atoms with Crippen LogP contribution in [-0.2, 0) is 9.53 Å². The molecule has 1 saturated heterocycles. The van der Waals surface area contributed by atoms with E-state index in [1.807, 2.05) is 30.3 Å². The zero-order chi connectivity index (χ0) is 24.2. The Labute approximate surface area is 205 Å². The van der Waals surface area contributed by atoms with Gasteiger partial charge in [-0.25, -0.2) is 9.80 Å². The molecule has 7 heteroatoms. The molecule has 2 aliphatic rings. The molecule has 0 N–H and O–H groups in total. The number of piperazine rings is 1. The molecule has 1 unspecified atom stereocenters. The Hall–Kier alpha value is -3.71. The summed E-state index contributed by atoms with van der Waals surface area (Å²) in [5.74, 6) is -0.0285. The van der Waals surface area contributed by atoms with Crippen molar-refractivity contribution in [3.05, 3.63) is 83.9 Å². The van der Waals surface area contributed by atoms with E-state index in [-0.39, 0.29) is 24.6 Å². The molecule has 1 fully saturated rings. The minimum Gasteiger partial charge on any atom is -0.450 e. The first-order valence-corrected chi connectivity index (χ1v) is 12.2. The largest absolute Gasteiger partial charge is 0.450 e. The van der Waals surface area contributed by atoms with Crippen LogP contribution in [0.3, 0.4) is 0 Å². The Morgan fingerprint density at radius 3 is 2.37 bits per heavy atom. The number of nitrogens with zero attached hydrogens (tertiary/aromatic N) is 4. The summed E-state index contributed by atoms with van der Waals surface area (Å²) in [7, 11) is 0. The highest BCUT2D eigenvalue weighted by Gasteiger charge is 2.34. The van der Waals surface area contributed by atoms with Gasteiger partial charge in [-0.05, 0) is 34.9 Å². The third-order valence-corrected chi connectivity index (χ3v) is 6.69. The molecule has 0 radical (unpaired) electrons. The number of ether oxygens (including phenoxy) is 1. The van der Waals surface area contributed by atoms with Gasteiger partial charge in [-0.1, -0.05) is 66.7 Å². The topological polar surface area (TPSA) is 65.5 Å². The predicted molar refractivity (Wildman–Crippen MR) is 136 cm³/mol. The summed E-state index contributed by atoms with van der Waals surface area (Å²) in [4.78, 5) is 29.2. The van der Waals surface area contributed by atoms with E-state index in [1.54, 1.807) is 16.8 Å². The van der Waals surface area contributed by atoms with Crippen molar-refractivity contribution in [2.75, 3.05) is 39.3 Å². The maximum atomic E-state index is 13.5. The van der Waals surface area contributed by atoms with E-state index in [1.165, 1.54) is 5.39 Å². The minimum absolute atomic E-state index is 0.0285. The SMILES string of the molecule is CCOC(=O)N1CCN(CC(=O)N2N=C(c3ccc4ccccc4c3)CC2c2ccccc2)CC1. The van der Waals surface area contributed by atoms with Gasteiger partial charge >= 0.3 is 6.09 Å². The van der Waals surface area contributed by atoms with Crippen LogP contribution in [-0.4, -0.2) is 71.9 Å². The van der Waals surface area contributed by atoms with E-state index in [0.717, 1.165) is 22.2 Å². The number of hydrogen-bond acceptors (Lipinski definition) is 5. The Kier molecular flexibility index (Phi) is 6.77. The van der Waals surface area contributed by atoms with Crippen LogP contribution in [0.15, 0.2) is 77.9 Å². The molecule has 180 valence electrons. The van der Waals surface area contributed by atoms with Crippen molar-refractivity contribution in [3.8, 4) is 0 Å². The van der Waals surface area contributed by atoms with Crippen LogP contribution >= 0.6 is 0 Å². The van der Waals surface area contributed by atoms with Crippen LogP contribution in [0.1, 0.15) is 30.5 Å². The van der Waals surface area contributed by atoms with Gasteiger partial charge in [0, 0.05) is 32.6 Å². The normalized spacial score (nSPS) is 18.5. The fourth-order valence-electron chi connectivity index (χ4n) is 4.79. The molecule has 35 heavy (non-hydrogen) atoms. The minimum atomic E-state index is -0.285. The molecule has 3 aromatic rings. The summed E-state index contributed by atoms with van der Waals surface area (Å²) >= 11 is 0. The molecule has 7 nitrogen and oxygen atoms in total. The summed E-state index contributed by atoms with van der Waals surface area (Å²) in [5.41, 5.74) is 3.04. The smallest absolute Gasteiger partial charge is 0.409 e. The molecule has 1 atom stereocenters. The molecule has 0 aliphatic carbocycles. The van der Waals surface area contributed by atoms with Crippen molar-refractivity contribution in [2.45, 2.75) is 19.4 Å². The van der Waals surface area contributed by atoms with Gasteiger partial charge in [-0.2, -0.15) is 5.10 Å². The molecule has 0 bridgehead atoms. The summed E-state index contributed by atoms with van der Waals surface area (Å²) in [6.45, 7) is 4.82. The van der Waals surface area contributed by atoms with Crippen molar-refractivity contribution in [1.29, 1.82) is 0 Å². The number of benzene rings is 3.